The van der Waals surface area contributed by atoms with Crippen LogP contribution in [-0.2, 0) is 4.79 Å². The van der Waals surface area contributed by atoms with Crippen LogP contribution in [0.4, 0.5) is 0 Å². The van der Waals surface area contributed by atoms with E-state index >= 15 is 0 Å². The molecule has 0 unspecified atom stereocenters. The van der Waals surface area contributed by atoms with E-state index in [1.165, 1.54) is 12.8 Å². The van der Waals surface area contributed by atoms with E-state index in [0.717, 1.165) is 25.9 Å². The van der Waals surface area contributed by atoms with E-state index < -0.39 is 0 Å². The fourth-order valence-corrected chi connectivity index (χ4v) is 2.85. The third-order valence-electron chi connectivity index (χ3n) is 3.53. The molecule has 0 spiro atoms. The molecule has 0 radical (unpaired) electrons. The zero-order valence-electron chi connectivity index (χ0n) is 11.8. The molecular formula is C15H19ClN2O2S. The molecule has 4 nitrogen and oxygen atoms in total. The first-order valence-corrected chi connectivity index (χ1v) is 7.86. The number of rotatable bonds is 4. The molecule has 1 aromatic carbocycles. The molecule has 1 amide bonds. The van der Waals surface area contributed by atoms with Crippen LogP contribution in [0.25, 0.3) is 0 Å². The number of hydrogen-bond acceptors (Lipinski definition) is 3. The van der Waals surface area contributed by atoms with Gasteiger partial charge < -0.3 is 15.4 Å². The summed E-state index contributed by atoms with van der Waals surface area (Å²) >= 11 is 11.0. The summed E-state index contributed by atoms with van der Waals surface area (Å²) in [6, 6.07) is 5.05. The van der Waals surface area contributed by atoms with Gasteiger partial charge in [-0.2, -0.15) is 0 Å². The summed E-state index contributed by atoms with van der Waals surface area (Å²) in [5, 5.41) is 0.433. The van der Waals surface area contributed by atoms with Gasteiger partial charge in [0.2, 0.25) is 0 Å². The zero-order chi connectivity index (χ0) is 15.2. The minimum absolute atomic E-state index is 0.0199. The predicted octanol–water partition coefficient (Wildman–Crippen LogP) is 2.76. The number of nitrogens with two attached hydrogens (primary N) is 1. The van der Waals surface area contributed by atoms with E-state index in [4.69, 9.17) is 34.3 Å². The summed E-state index contributed by atoms with van der Waals surface area (Å²) in [6.45, 7) is 1.68. The topological polar surface area (TPSA) is 55.6 Å². The first kappa shape index (κ1) is 16.0. The number of likely N-dealkylation sites (tertiary alicyclic amines) is 1. The van der Waals surface area contributed by atoms with Crippen molar-refractivity contribution >= 4 is 34.7 Å². The molecule has 1 saturated heterocycles. The van der Waals surface area contributed by atoms with Crippen LogP contribution in [0.2, 0.25) is 5.02 Å². The predicted molar refractivity (Wildman–Crippen MR) is 87.9 cm³/mol. The van der Waals surface area contributed by atoms with Gasteiger partial charge in [-0.15, -0.1) is 0 Å². The van der Waals surface area contributed by atoms with Gasteiger partial charge in [-0.1, -0.05) is 36.7 Å². The Morgan fingerprint density at radius 3 is 2.52 bits per heavy atom. The van der Waals surface area contributed by atoms with Crippen molar-refractivity contribution in [2.45, 2.75) is 25.7 Å². The zero-order valence-corrected chi connectivity index (χ0v) is 13.4. The summed E-state index contributed by atoms with van der Waals surface area (Å²) in [7, 11) is 0. The van der Waals surface area contributed by atoms with Crippen LogP contribution in [0.5, 0.6) is 5.75 Å². The Balaban J connectivity index is 1.91. The Hall–Kier alpha value is -1.33. The fraction of sp³-hybridized carbons (Fsp3) is 0.467. The molecular weight excluding hydrogens is 308 g/mol. The second-order valence-corrected chi connectivity index (χ2v) is 5.94. The molecule has 2 N–H and O–H groups in total. The number of halogens is 1. The highest BCUT2D eigenvalue weighted by Gasteiger charge is 2.16. The maximum Gasteiger partial charge on any atom is 0.260 e. The lowest BCUT2D eigenvalue weighted by Gasteiger charge is -2.20. The molecule has 0 atom stereocenters. The van der Waals surface area contributed by atoms with Crippen molar-refractivity contribution < 1.29 is 9.53 Å². The monoisotopic (exact) mass is 326 g/mol. The first-order valence-electron chi connectivity index (χ1n) is 7.08. The Morgan fingerprint density at radius 2 is 1.95 bits per heavy atom. The van der Waals surface area contributed by atoms with Gasteiger partial charge in [-0.3, -0.25) is 4.79 Å². The van der Waals surface area contributed by atoms with Crippen molar-refractivity contribution in [3.8, 4) is 5.75 Å². The van der Waals surface area contributed by atoms with Crippen LogP contribution in [-0.4, -0.2) is 35.5 Å². The Morgan fingerprint density at radius 1 is 1.29 bits per heavy atom. The summed E-state index contributed by atoms with van der Waals surface area (Å²) < 4.78 is 5.52. The molecule has 0 saturated carbocycles. The van der Waals surface area contributed by atoms with Gasteiger partial charge in [0.05, 0.1) is 5.02 Å². The third kappa shape index (κ3) is 4.58. The van der Waals surface area contributed by atoms with Crippen molar-refractivity contribution in [2.75, 3.05) is 19.7 Å². The van der Waals surface area contributed by atoms with Crippen molar-refractivity contribution in [2.24, 2.45) is 5.73 Å². The first-order chi connectivity index (χ1) is 10.1. The maximum atomic E-state index is 12.1. The molecule has 2 rings (SSSR count). The molecule has 0 aromatic heterocycles. The standard InChI is InChI=1S/C15H19ClN2O2S/c16-13-9-11(5-6-12(13)15(17)21)20-10-14(19)18-7-3-1-2-4-8-18/h5-6,9H,1-4,7-8,10H2,(H2,17,21). The average Bonchev–Trinajstić information content (AvgIpc) is 2.73. The minimum atomic E-state index is 0.0199. The molecule has 1 fully saturated rings. The second kappa shape index (κ2) is 7.61. The lowest BCUT2D eigenvalue weighted by molar-refractivity contribution is -0.133. The average molecular weight is 327 g/mol. The highest BCUT2D eigenvalue weighted by atomic mass is 35.5. The van der Waals surface area contributed by atoms with Gasteiger partial charge in [-0.25, -0.2) is 0 Å². The summed E-state index contributed by atoms with van der Waals surface area (Å²) in [6.07, 6.45) is 4.53. The number of ether oxygens (including phenoxy) is 1. The smallest absolute Gasteiger partial charge is 0.260 e. The Labute approximate surface area is 135 Å². The van der Waals surface area contributed by atoms with E-state index in [-0.39, 0.29) is 17.5 Å². The number of carbonyl (C=O) groups excluding carboxylic acids is 1. The van der Waals surface area contributed by atoms with Gasteiger partial charge in [0.15, 0.2) is 6.61 Å². The second-order valence-electron chi connectivity index (χ2n) is 5.09. The van der Waals surface area contributed by atoms with E-state index in [2.05, 4.69) is 0 Å². The Bertz CT molecular complexity index is 528. The maximum absolute atomic E-state index is 12.1. The van der Waals surface area contributed by atoms with Crippen molar-refractivity contribution in [3.63, 3.8) is 0 Å². The van der Waals surface area contributed by atoms with Gasteiger partial charge in [-0.05, 0) is 31.0 Å². The van der Waals surface area contributed by atoms with Crippen LogP contribution < -0.4 is 10.5 Å². The molecule has 21 heavy (non-hydrogen) atoms. The van der Waals surface area contributed by atoms with E-state index in [9.17, 15) is 4.79 Å². The number of hydrogen-bond donors (Lipinski definition) is 1. The minimum Gasteiger partial charge on any atom is -0.484 e. The number of thiocarbonyl (C=S) groups is 1. The van der Waals surface area contributed by atoms with Gasteiger partial charge in [0.25, 0.3) is 5.91 Å². The van der Waals surface area contributed by atoms with Crippen molar-refractivity contribution in [1.29, 1.82) is 0 Å². The molecule has 1 aliphatic rings. The molecule has 1 aliphatic heterocycles. The Kier molecular flexibility index (Phi) is 5.82. The third-order valence-corrected chi connectivity index (χ3v) is 4.06. The quantitative estimate of drug-likeness (QED) is 0.864. The summed E-state index contributed by atoms with van der Waals surface area (Å²) in [4.78, 5) is 14.2. The molecule has 0 bridgehead atoms. The molecule has 1 heterocycles. The largest absolute Gasteiger partial charge is 0.484 e. The summed E-state index contributed by atoms with van der Waals surface area (Å²) in [5.74, 6) is 0.564. The molecule has 6 heteroatoms. The number of carbonyl (C=O) groups is 1. The van der Waals surface area contributed by atoms with Crippen LogP contribution in [0.3, 0.4) is 0 Å². The van der Waals surface area contributed by atoms with Gasteiger partial charge in [0.1, 0.15) is 10.7 Å². The molecule has 1 aromatic rings. The highest BCUT2D eigenvalue weighted by Crippen LogP contribution is 2.22. The summed E-state index contributed by atoms with van der Waals surface area (Å²) in [5.41, 5.74) is 6.15. The highest BCUT2D eigenvalue weighted by molar-refractivity contribution is 7.80. The van der Waals surface area contributed by atoms with E-state index in [1.54, 1.807) is 18.2 Å². The fourth-order valence-electron chi connectivity index (χ4n) is 2.34. The van der Waals surface area contributed by atoms with E-state index in [0.29, 0.717) is 16.3 Å². The van der Waals surface area contributed by atoms with Gasteiger partial charge in [0, 0.05) is 18.7 Å². The number of nitrogens with zero attached hydrogens (tertiary/aromatic N) is 1. The van der Waals surface area contributed by atoms with E-state index in [1.807, 2.05) is 4.90 Å². The van der Waals surface area contributed by atoms with Crippen molar-refractivity contribution in [1.82, 2.24) is 4.90 Å². The number of amides is 1. The lowest BCUT2D eigenvalue weighted by Crippen LogP contribution is -2.35. The normalized spacial score (nSPS) is 15.4. The lowest BCUT2D eigenvalue weighted by atomic mass is 10.2. The van der Waals surface area contributed by atoms with Crippen molar-refractivity contribution in [3.05, 3.63) is 28.8 Å². The molecule has 114 valence electrons. The van der Waals surface area contributed by atoms with Gasteiger partial charge >= 0.3 is 0 Å². The van der Waals surface area contributed by atoms with Crippen LogP contribution in [0, 0.1) is 0 Å². The molecule has 0 aliphatic carbocycles. The SMILES string of the molecule is NC(=S)c1ccc(OCC(=O)N2CCCCCC2)cc1Cl. The number of benzene rings is 1. The van der Waals surface area contributed by atoms with Crippen LogP contribution in [0.1, 0.15) is 31.2 Å². The van der Waals surface area contributed by atoms with Crippen LogP contribution in [0.15, 0.2) is 18.2 Å². The van der Waals surface area contributed by atoms with Crippen LogP contribution >= 0.6 is 23.8 Å².